The number of hydrogen-bond donors (Lipinski definition) is 1. The van der Waals surface area contributed by atoms with Crippen molar-refractivity contribution in [3.05, 3.63) is 33.8 Å². The summed E-state index contributed by atoms with van der Waals surface area (Å²) in [7, 11) is 1.97. The van der Waals surface area contributed by atoms with E-state index in [1.54, 1.807) is 12.1 Å². The van der Waals surface area contributed by atoms with Gasteiger partial charge in [-0.3, -0.25) is 0 Å². The number of β-amino-alcohol motifs (C(OH)–C–C–N with tert-alkyl or cyclic N) is 1. The van der Waals surface area contributed by atoms with Gasteiger partial charge in [0.1, 0.15) is 0 Å². The molecular weight excluding hydrogens is 233 g/mol. The molecule has 0 aliphatic carbocycles. The molecule has 0 aromatic heterocycles. The smallest absolute Gasteiger partial charge is 0.0748 e. The number of nitrogens with zero attached hydrogens (tertiary/aromatic N) is 1. The van der Waals surface area contributed by atoms with E-state index in [1.165, 1.54) is 0 Å². The zero-order valence-corrected chi connectivity index (χ0v) is 9.89. The van der Waals surface area contributed by atoms with Gasteiger partial charge in [-0.05, 0) is 18.7 Å². The number of aliphatic hydroxyl groups is 1. The minimum atomic E-state index is -0.402. The largest absolute Gasteiger partial charge is 0.391 e. The molecule has 0 saturated carbocycles. The highest BCUT2D eigenvalue weighted by Gasteiger charge is 2.32. The molecule has 0 bridgehead atoms. The summed E-state index contributed by atoms with van der Waals surface area (Å²) in [6.07, 6.45) is -0.402. The van der Waals surface area contributed by atoms with Gasteiger partial charge in [-0.15, -0.1) is 0 Å². The van der Waals surface area contributed by atoms with Crippen molar-refractivity contribution in [3.63, 3.8) is 0 Å². The van der Waals surface area contributed by atoms with Crippen molar-refractivity contribution in [3.8, 4) is 0 Å². The number of likely N-dealkylation sites (N-methyl/N-ethyl adjacent to an activating group) is 1. The van der Waals surface area contributed by atoms with Crippen LogP contribution in [-0.2, 0) is 0 Å². The van der Waals surface area contributed by atoms with Crippen molar-refractivity contribution in [2.24, 2.45) is 0 Å². The molecule has 2 nitrogen and oxygen atoms in total. The van der Waals surface area contributed by atoms with Crippen molar-refractivity contribution < 1.29 is 5.11 Å². The average molecular weight is 245 g/mol. The van der Waals surface area contributed by atoms with E-state index in [0.717, 1.165) is 12.1 Å². The van der Waals surface area contributed by atoms with Crippen molar-refractivity contribution in [2.75, 3.05) is 20.1 Å². The Labute approximate surface area is 99.4 Å². The van der Waals surface area contributed by atoms with Gasteiger partial charge in [0.25, 0.3) is 0 Å². The van der Waals surface area contributed by atoms with Crippen molar-refractivity contribution in [1.29, 1.82) is 0 Å². The second-order valence-corrected chi connectivity index (χ2v) is 4.73. The molecule has 1 N–H and O–H groups in total. The van der Waals surface area contributed by atoms with Gasteiger partial charge < -0.3 is 10.0 Å². The first-order chi connectivity index (χ1) is 7.09. The number of likely N-dealkylation sites (tertiary alicyclic amines) is 1. The first-order valence-electron chi connectivity index (χ1n) is 4.82. The first-order valence-corrected chi connectivity index (χ1v) is 5.57. The lowest BCUT2D eigenvalue weighted by Crippen LogP contribution is -2.17. The van der Waals surface area contributed by atoms with Crippen LogP contribution in [0.15, 0.2) is 12.1 Å². The maximum absolute atomic E-state index is 9.89. The first kappa shape index (κ1) is 11.2. The minimum absolute atomic E-state index is 0.00699. The summed E-state index contributed by atoms with van der Waals surface area (Å²) in [5.74, 6) is -0.00699. The van der Waals surface area contributed by atoms with Crippen LogP contribution in [0.1, 0.15) is 11.5 Å². The van der Waals surface area contributed by atoms with Gasteiger partial charge in [0, 0.05) is 30.1 Å². The highest BCUT2D eigenvalue weighted by molar-refractivity contribution is 6.36. The quantitative estimate of drug-likeness (QED) is 0.819. The molecule has 81 valence electrons. The third-order valence-corrected chi connectivity index (χ3v) is 3.42. The van der Waals surface area contributed by atoms with E-state index in [9.17, 15) is 5.11 Å². The highest BCUT2D eigenvalue weighted by atomic mass is 35.5. The summed E-state index contributed by atoms with van der Waals surface area (Å²) in [6.45, 7) is 1.44. The van der Waals surface area contributed by atoms with E-state index < -0.39 is 6.10 Å². The van der Waals surface area contributed by atoms with Crippen molar-refractivity contribution >= 4 is 23.2 Å². The molecule has 1 aliphatic heterocycles. The lowest BCUT2D eigenvalue weighted by atomic mass is 9.96. The molecule has 1 heterocycles. The molecule has 1 aromatic rings. The van der Waals surface area contributed by atoms with Gasteiger partial charge in [0.2, 0.25) is 0 Å². The van der Waals surface area contributed by atoms with E-state index in [2.05, 4.69) is 11.0 Å². The summed E-state index contributed by atoms with van der Waals surface area (Å²) in [5.41, 5.74) is 0.817. The molecule has 1 aliphatic rings. The average Bonchev–Trinajstić information content (AvgIpc) is 2.45. The maximum Gasteiger partial charge on any atom is 0.0748 e. The molecule has 4 heteroatoms. The van der Waals surface area contributed by atoms with Gasteiger partial charge in [-0.2, -0.15) is 0 Å². The fourth-order valence-electron chi connectivity index (χ4n) is 2.06. The van der Waals surface area contributed by atoms with Gasteiger partial charge in [0.05, 0.1) is 11.1 Å². The Kier molecular flexibility index (Phi) is 3.21. The van der Waals surface area contributed by atoms with Gasteiger partial charge in [-0.1, -0.05) is 29.3 Å². The highest BCUT2D eigenvalue weighted by Crippen LogP contribution is 2.36. The Bertz CT molecular complexity index is 349. The molecule has 0 unspecified atom stereocenters. The van der Waals surface area contributed by atoms with Crippen LogP contribution in [0, 0.1) is 6.07 Å². The lowest BCUT2D eigenvalue weighted by Gasteiger charge is -2.16. The van der Waals surface area contributed by atoms with Gasteiger partial charge in [0.15, 0.2) is 0 Å². The van der Waals surface area contributed by atoms with Gasteiger partial charge >= 0.3 is 0 Å². The predicted molar refractivity (Wildman–Crippen MR) is 61.5 cm³/mol. The Morgan fingerprint density at radius 3 is 2.73 bits per heavy atom. The molecule has 0 amide bonds. The minimum Gasteiger partial charge on any atom is -0.391 e. The number of aliphatic hydroxyl groups excluding tert-OH is 1. The van der Waals surface area contributed by atoms with Crippen molar-refractivity contribution in [1.82, 2.24) is 4.90 Å². The zero-order valence-electron chi connectivity index (χ0n) is 8.37. The third kappa shape index (κ3) is 2.13. The second-order valence-electron chi connectivity index (χ2n) is 3.95. The second kappa shape index (κ2) is 4.30. The maximum atomic E-state index is 9.89. The summed E-state index contributed by atoms with van der Waals surface area (Å²) in [4.78, 5) is 2.06. The molecular formula is C11H12Cl2NO. The standard InChI is InChI=1S/C11H12Cl2NO/c1-14-5-7(10(15)6-14)11-8(12)3-2-4-9(11)13/h2-3,7,10,15H,5-6H2,1H3/t7-,10+/m0/s1. The van der Waals surface area contributed by atoms with Crippen LogP contribution in [0.4, 0.5) is 0 Å². The molecule has 1 saturated heterocycles. The summed E-state index contributed by atoms with van der Waals surface area (Å²) < 4.78 is 0. The molecule has 2 rings (SSSR count). The normalized spacial score (nSPS) is 27.2. The van der Waals surface area contributed by atoms with Gasteiger partial charge in [-0.25, -0.2) is 0 Å². The molecule has 1 aromatic carbocycles. The Morgan fingerprint density at radius 2 is 2.20 bits per heavy atom. The Hall–Kier alpha value is -0.280. The van der Waals surface area contributed by atoms with Crippen LogP contribution in [0.5, 0.6) is 0 Å². The zero-order chi connectivity index (χ0) is 11.0. The molecule has 1 radical (unpaired) electrons. The Balaban J connectivity index is 2.37. The van der Waals surface area contributed by atoms with Crippen LogP contribution in [0.25, 0.3) is 0 Å². The Morgan fingerprint density at radius 1 is 1.47 bits per heavy atom. The van der Waals surface area contributed by atoms with Crippen LogP contribution in [-0.4, -0.2) is 36.2 Å². The third-order valence-electron chi connectivity index (χ3n) is 2.78. The lowest BCUT2D eigenvalue weighted by molar-refractivity contribution is 0.168. The topological polar surface area (TPSA) is 23.5 Å². The van der Waals surface area contributed by atoms with E-state index in [0.29, 0.717) is 16.6 Å². The van der Waals surface area contributed by atoms with Crippen molar-refractivity contribution in [2.45, 2.75) is 12.0 Å². The van der Waals surface area contributed by atoms with Crippen LogP contribution >= 0.6 is 23.2 Å². The number of rotatable bonds is 1. The summed E-state index contributed by atoms with van der Waals surface area (Å²) >= 11 is 12.1. The summed E-state index contributed by atoms with van der Waals surface area (Å²) in [5, 5.41) is 11.0. The van der Waals surface area contributed by atoms with E-state index in [-0.39, 0.29) is 5.92 Å². The van der Waals surface area contributed by atoms with Crippen LogP contribution in [0.3, 0.4) is 0 Å². The summed E-state index contributed by atoms with van der Waals surface area (Å²) in [6, 6.07) is 6.36. The molecule has 2 atom stereocenters. The SMILES string of the molecule is CN1C[C@@H](O)[C@@H](c2c(Cl)[c]ccc2Cl)C1. The number of hydrogen-bond acceptors (Lipinski definition) is 2. The fraction of sp³-hybridized carbons (Fsp3) is 0.455. The van der Waals surface area contributed by atoms with Crippen LogP contribution < -0.4 is 0 Å². The van der Waals surface area contributed by atoms with Crippen LogP contribution in [0.2, 0.25) is 10.0 Å². The molecule has 1 fully saturated rings. The van der Waals surface area contributed by atoms with E-state index in [1.807, 2.05) is 7.05 Å². The molecule has 15 heavy (non-hydrogen) atoms. The number of halogens is 2. The van der Waals surface area contributed by atoms with E-state index >= 15 is 0 Å². The molecule has 0 spiro atoms. The van der Waals surface area contributed by atoms with E-state index in [4.69, 9.17) is 23.2 Å². The predicted octanol–water partition coefficient (Wildman–Crippen LogP) is 2.18. The fourth-order valence-corrected chi connectivity index (χ4v) is 2.71. The number of benzene rings is 1. The monoisotopic (exact) mass is 244 g/mol.